The average molecular weight is 336 g/mol. The van der Waals surface area contributed by atoms with Gasteiger partial charge in [-0.05, 0) is 24.3 Å². The summed E-state index contributed by atoms with van der Waals surface area (Å²) in [6.45, 7) is -0.469. The van der Waals surface area contributed by atoms with Gasteiger partial charge in [-0.25, -0.2) is 8.42 Å². The Bertz CT molecular complexity index is 818. The normalized spacial score (nSPS) is 11.7. The maximum Gasteiger partial charge on any atom is 0.182 e. The first-order valence-electron chi connectivity index (χ1n) is 6.69. The third kappa shape index (κ3) is 4.05. The van der Waals surface area contributed by atoms with E-state index in [1.807, 2.05) is 0 Å². The molecule has 8 heteroatoms. The van der Waals surface area contributed by atoms with E-state index in [-0.39, 0.29) is 27.8 Å². The van der Waals surface area contributed by atoms with Crippen molar-refractivity contribution in [3.63, 3.8) is 0 Å². The molecule has 2 aromatic carbocycles. The number of methoxy groups -OCH3 is 1. The monoisotopic (exact) mass is 336 g/mol. The molecular weight excluding hydrogens is 320 g/mol. The minimum absolute atomic E-state index is 0.00328. The molecule has 0 aliphatic rings. The van der Waals surface area contributed by atoms with Gasteiger partial charge in [0.1, 0.15) is 5.69 Å². The summed E-state index contributed by atoms with van der Waals surface area (Å²) < 4.78 is 29.2. The standard InChI is InChI=1S/C15H16N2O5S/c1-22-14-10-11(6-7-13(14)19)16-17-12-4-2-3-5-15(12)23(20,21)9-8-18/h2-7,10,18-19H,8-9H2,1H3. The van der Waals surface area contributed by atoms with Gasteiger partial charge in [-0.3, -0.25) is 0 Å². The highest BCUT2D eigenvalue weighted by Crippen LogP contribution is 2.32. The second kappa shape index (κ2) is 7.21. The van der Waals surface area contributed by atoms with Crippen LogP contribution in [-0.4, -0.2) is 38.1 Å². The quantitative estimate of drug-likeness (QED) is 0.788. The Hall–Kier alpha value is -2.45. The van der Waals surface area contributed by atoms with Gasteiger partial charge < -0.3 is 14.9 Å². The van der Waals surface area contributed by atoms with Crippen LogP contribution in [0, 0.1) is 0 Å². The van der Waals surface area contributed by atoms with E-state index in [4.69, 9.17) is 9.84 Å². The molecule has 0 unspecified atom stereocenters. The lowest BCUT2D eigenvalue weighted by atomic mass is 10.3. The second-order valence-corrected chi connectivity index (χ2v) is 6.64. The number of nitrogens with zero attached hydrogens (tertiary/aromatic N) is 2. The SMILES string of the molecule is COc1cc(N=Nc2ccccc2S(=O)(=O)CCO)ccc1O. The first kappa shape index (κ1) is 16.9. The van der Waals surface area contributed by atoms with Gasteiger partial charge in [0.2, 0.25) is 0 Å². The molecule has 7 nitrogen and oxygen atoms in total. The van der Waals surface area contributed by atoms with Gasteiger partial charge in [0.05, 0.1) is 30.1 Å². The summed E-state index contributed by atoms with van der Waals surface area (Å²) in [7, 11) is -2.22. The Labute approximate surface area is 133 Å². The molecule has 0 spiro atoms. The Morgan fingerprint density at radius 3 is 2.57 bits per heavy atom. The predicted molar refractivity (Wildman–Crippen MR) is 84.4 cm³/mol. The van der Waals surface area contributed by atoms with E-state index in [1.54, 1.807) is 12.1 Å². The smallest absolute Gasteiger partial charge is 0.182 e. The molecule has 0 radical (unpaired) electrons. The van der Waals surface area contributed by atoms with Gasteiger partial charge in [-0.1, -0.05) is 12.1 Å². The molecule has 0 heterocycles. The summed E-state index contributed by atoms with van der Waals surface area (Å²) in [4.78, 5) is 0.00328. The van der Waals surface area contributed by atoms with Crippen LogP contribution in [-0.2, 0) is 9.84 Å². The topological polar surface area (TPSA) is 109 Å². The second-order valence-electron chi connectivity index (χ2n) is 4.57. The number of phenols is 1. The highest BCUT2D eigenvalue weighted by atomic mass is 32.2. The number of ether oxygens (including phenoxy) is 1. The molecule has 122 valence electrons. The van der Waals surface area contributed by atoms with Gasteiger partial charge in [-0.2, -0.15) is 5.11 Å². The van der Waals surface area contributed by atoms with Crippen molar-refractivity contribution < 1.29 is 23.4 Å². The van der Waals surface area contributed by atoms with E-state index < -0.39 is 16.4 Å². The number of rotatable bonds is 6. The number of aromatic hydroxyl groups is 1. The fourth-order valence-electron chi connectivity index (χ4n) is 1.87. The van der Waals surface area contributed by atoms with Crippen molar-refractivity contribution in [3.8, 4) is 11.5 Å². The van der Waals surface area contributed by atoms with Crippen LogP contribution in [0.2, 0.25) is 0 Å². The molecule has 0 amide bonds. The number of aliphatic hydroxyl groups excluding tert-OH is 1. The molecule has 0 saturated carbocycles. The highest BCUT2D eigenvalue weighted by molar-refractivity contribution is 7.91. The minimum Gasteiger partial charge on any atom is -0.504 e. The molecule has 23 heavy (non-hydrogen) atoms. The van der Waals surface area contributed by atoms with Gasteiger partial charge >= 0.3 is 0 Å². The van der Waals surface area contributed by atoms with E-state index in [0.717, 1.165) is 0 Å². The Morgan fingerprint density at radius 2 is 1.87 bits per heavy atom. The molecule has 0 saturated heterocycles. The van der Waals surface area contributed by atoms with Crippen molar-refractivity contribution in [1.82, 2.24) is 0 Å². The van der Waals surface area contributed by atoms with Gasteiger partial charge in [-0.15, -0.1) is 5.11 Å². The van der Waals surface area contributed by atoms with Gasteiger partial charge in [0, 0.05) is 6.07 Å². The summed E-state index contributed by atoms with van der Waals surface area (Å²) in [6.07, 6.45) is 0. The van der Waals surface area contributed by atoms with E-state index in [2.05, 4.69) is 10.2 Å². The lowest BCUT2D eigenvalue weighted by molar-refractivity contribution is 0.319. The van der Waals surface area contributed by atoms with Crippen LogP contribution in [0.4, 0.5) is 11.4 Å². The van der Waals surface area contributed by atoms with Crippen LogP contribution in [0.3, 0.4) is 0 Å². The molecule has 2 aromatic rings. The number of sulfone groups is 1. The molecule has 2 rings (SSSR count). The largest absolute Gasteiger partial charge is 0.504 e. The molecule has 0 atom stereocenters. The number of phenolic OH excluding ortho intramolecular Hbond substituents is 1. The number of aliphatic hydroxyl groups is 1. The third-order valence-electron chi connectivity index (χ3n) is 3.00. The predicted octanol–water partition coefficient (Wildman–Crippen LogP) is 2.58. The van der Waals surface area contributed by atoms with E-state index in [0.29, 0.717) is 5.69 Å². The lowest BCUT2D eigenvalue weighted by Crippen LogP contribution is -2.10. The Balaban J connectivity index is 2.37. The Kier molecular flexibility index (Phi) is 5.30. The molecule has 0 fully saturated rings. The molecular formula is C15H16N2O5S. The fraction of sp³-hybridized carbons (Fsp3) is 0.200. The van der Waals surface area contributed by atoms with Crippen LogP contribution in [0.15, 0.2) is 57.6 Å². The molecule has 2 N–H and O–H groups in total. The van der Waals surface area contributed by atoms with E-state index in [1.165, 1.54) is 37.4 Å². The van der Waals surface area contributed by atoms with Crippen LogP contribution in [0.25, 0.3) is 0 Å². The summed E-state index contributed by atoms with van der Waals surface area (Å²) in [5.74, 6) is -0.174. The number of azo groups is 1. The summed E-state index contributed by atoms with van der Waals surface area (Å²) in [6, 6.07) is 10.6. The first-order valence-corrected chi connectivity index (χ1v) is 8.34. The zero-order valence-corrected chi connectivity index (χ0v) is 13.2. The summed E-state index contributed by atoms with van der Waals surface area (Å²) in [5.41, 5.74) is 0.571. The van der Waals surface area contributed by atoms with Crippen LogP contribution < -0.4 is 4.74 Å². The van der Waals surface area contributed by atoms with Crippen molar-refractivity contribution in [2.24, 2.45) is 10.2 Å². The van der Waals surface area contributed by atoms with Crippen molar-refractivity contribution in [2.75, 3.05) is 19.5 Å². The molecule has 0 aromatic heterocycles. The van der Waals surface area contributed by atoms with Gasteiger partial charge in [0.25, 0.3) is 0 Å². The molecule has 0 aliphatic carbocycles. The zero-order chi connectivity index (χ0) is 16.9. The van der Waals surface area contributed by atoms with Crippen molar-refractivity contribution in [3.05, 3.63) is 42.5 Å². The highest BCUT2D eigenvalue weighted by Gasteiger charge is 2.17. The summed E-state index contributed by atoms with van der Waals surface area (Å²) in [5, 5.41) is 26.3. The Morgan fingerprint density at radius 1 is 1.13 bits per heavy atom. The average Bonchev–Trinajstić information content (AvgIpc) is 2.54. The van der Waals surface area contributed by atoms with Crippen LogP contribution >= 0.6 is 0 Å². The number of benzene rings is 2. The van der Waals surface area contributed by atoms with E-state index in [9.17, 15) is 13.5 Å². The van der Waals surface area contributed by atoms with Crippen molar-refractivity contribution >= 4 is 21.2 Å². The lowest BCUT2D eigenvalue weighted by Gasteiger charge is -2.05. The van der Waals surface area contributed by atoms with E-state index >= 15 is 0 Å². The maximum absolute atomic E-state index is 12.1. The zero-order valence-electron chi connectivity index (χ0n) is 12.4. The number of hydrogen-bond acceptors (Lipinski definition) is 7. The minimum atomic E-state index is -3.63. The van der Waals surface area contributed by atoms with Crippen LogP contribution in [0.5, 0.6) is 11.5 Å². The molecule has 0 bridgehead atoms. The van der Waals surface area contributed by atoms with Crippen molar-refractivity contribution in [2.45, 2.75) is 4.90 Å². The number of hydrogen-bond donors (Lipinski definition) is 2. The summed E-state index contributed by atoms with van der Waals surface area (Å²) >= 11 is 0. The molecule has 0 aliphatic heterocycles. The van der Waals surface area contributed by atoms with Crippen molar-refractivity contribution in [1.29, 1.82) is 0 Å². The first-order chi connectivity index (χ1) is 11.0. The fourth-order valence-corrected chi connectivity index (χ4v) is 3.05. The maximum atomic E-state index is 12.1. The van der Waals surface area contributed by atoms with Crippen LogP contribution in [0.1, 0.15) is 0 Å². The third-order valence-corrected chi connectivity index (χ3v) is 4.73. The van der Waals surface area contributed by atoms with Gasteiger partial charge in [0.15, 0.2) is 21.3 Å².